The van der Waals surface area contributed by atoms with Crippen LogP contribution in [0.4, 0.5) is 5.69 Å². The Morgan fingerprint density at radius 2 is 2.00 bits per heavy atom. The molecule has 6 nitrogen and oxygen atoms in total. The summed E-state index contributed by atoms with van der Waals surface area (Å²) >= 11 is 0. The van der Waals surface area contributed by atoms with Crippen molar-refractivity contribution in [1.29, 1.82) is 0 Å². The van der Waals surface area contributed by atoms with Crippen LogP contribution in [0.25, 0.3) is 0 Å². The number of nitrogens with zero attached hydrogens (tertiary/aromatic N) is 1. The van der Waals surface area contributed by atoms with E-state index in [9.17, 15) is 9.59 Å². The third-order valence-corrected chi connectivity index (χ3v) is 2.97. The fraction of sp³-hybridized carbons (Fsp3) is 0.467. The molecule has 1 aromatic carbocycles. The van der Waals surface area contributed by atoms with Gasteiger partial charge in [0.1, 0.15) is 5.75 Å². The van der Waals surface area contributed by atoms with E-state index in [1.54, 1.807) is 29.2 Å². The molecule has 0 aliphatic carbocycles. The number of carbonyl (C=O) groups is 2. The van der Waals surface area contributed by atoms with Crippen molar-refractivity contribution >= 4 is 17.5 Å². The summed E-state index contributed by atoms with van der Waals surface area (Å²) < 4.78 is 5.47. The van der Waals surface area contributed by atoms with Gasteiger partial charge in [-0.25, -0.2) is 0 Å². The lowest BCUT2D eigenvalue weighted by Gasteiger charge is -2.18. The number of nitrogens with two attached hydrogens (primary N) is 1. The van der Waals surface area contributed by atoms with Gasteiger partial charge in [-0.15, -0.1) is 0 Å². The second kappa shape index (κ2) is 8.97. The monoisotopic (exact) mass is 293 g/mol. The van der Waals surface area contributed by atoms with Gasteiger partial charge in [0.25, 0.3) is 5.91 Å². The van der Waals surface area contributed by atoms with Gasteiger partial charge in [0, 0.05) is 37.8 Å². The van der Waals surface area contributed by atoms with Crippen LogP contribution in [-0.4, -0.2) is 43.0 Å². The van der Waals surface area contributed by atoms with Crippen LogP contribution >= 0.6 is 0 Å². The Kier molecular flexibility index (Phi) is 7.25. The van der Waals surface area contributed by atoms with Gasteiger partial charge < -0.3 is 20.7 Å². The lowest BCUT2D eigenvalue weighted by atomic mass is 10.3. The molecule has 1 rings (SSSR count). The average molecular weight is 293 g/mol. The summed E-state index contributed by atoms with van der Waals surface area (Å²) in [6.45, 7) is 5.47. The maximum Gasteiger partial charge on any atom is 0.260 e. The molecule has 0 aliphatic heterocycles. The number of anilines is 1. The molecule has 0 radical (unpaired) electrons. The molecule has 1 aromatic rings. The van der Waals surface area contributed by atoms with E-state index in [2.05, 4.69) is 5.32 Å². The molecule has 0 aliphatic rings. The van der Waals surface area contributed by atoms with Crippen molar-refractivity contribution in [3.8, 4) is 5.75 Å². The zero-order valence-corrected chi connectivity index (χ0v) is 12.6. The predicted octanol–water partition coefficient (Wildman–Crippen LogP) is 1.22. The summed E-state index contributed by atoms with van der Waals surface area (Å²) in [4.78, 5) is 25.0. The minimum Gasteiger partial charge on any atom is -0.484 e. The van der Waals surface area contributed by atoms with Gasteiger partial charge in [-0.05, 0) is 26.0 Å². The summed E-state index contributed by atoms with van der Waals surface area (Å²) in [6.07, 6.45) is 0.269. The first kappa shape index (κ1) is 17.0. The molecule has 0 unspecified atom stereocenters. The quantitative estimate of drug-likeness (QED) is 0.755. The Morgan fingerprint density at radius 1 is 1.29 bits per heavy atom. The lowest BCUT2D eigenvalue weighted by molar-refractivity contribution is -0.133. The summed E-state index contributed by atoms with van der Waals surface area (Å²) in [5, 5.41) is 2.72. The van der Waals surface area contributed by atoms with Crippen molar-refractivity contribution in [2.24, 2.45) is 5.73 Å². The topological polar surface area (TPSA) is 84.7 Å². The van der Waals surface area contributed by atoms with Gasteiger partial charge in [-0.2, -0.15) is 0 Å². The van der Waals surface area contributed by atoms with Gasteiger partial charge in [0.15, 0.2) is 6.61 Å². The number of rotatable bonds is 8. The first-order valence-electron chi connectivity index (χ1n) is 7.11. The summed E-state index contributed by atoms with van der Waals surface area (Å²) in [5.41, 5.74) is 5.95. The van der Waals surface area contributed by atoms with Crippen LogP contribution in [-0.2, 0) is 9.59 Å². The SMILES string of the molecule is CCN(CC)C(=O)COc1cccc(NC(=O)CCN)c1. The number of carbonyl (C=O) groups excluding carboxylic acids is 2. The fourth-order valence-corrected chi connectivity index (χ4v) is 1.83. The van der Waals surface area contributed by atoms with E-state index in [4.69, 9.17) is 10.5 Å². The molecule has 0 fully saturated rings. The maximum atomic E-state index is 11.8. The molecule has 0 bridgehead atoms. The Morgan fingerprint density at radius 3 is 2.62 bits per heavy atom. The average Bonchev–Trinajstić information content (AvgIpc) is 2.47. The Hall–Kier alpha value is -2.08. The van der Waals surface area contributed by atoms with E-state index >= 15 is 0 Å². The van der Waals surface area contributed by atoms with E-state index in [0.717, 1.165) is 0 Å². The third kappa shape index (κ3) is 5.83. The normalized spacial score (nSPS) is 10.0. The molecule has 21 heavy (non-hydrogen) atoms. The molecule has 0 saturated carbocycles. The molecular formula is C15H23N3O3. The highest BCUT2D eigenvalue weighted by atomic mass is 16.5. The molecular weight excluding hydrogens is 270 g/mol. The second-order valence-electron chi connectivity index (χ2n) is 4.47. The number of hydrogen-bond donors (Lipinski definition) is 2. The highest BCUT2D eigenvalue weighted by molar-refractivity contribution is 5.91. The van der Waals surface area contributed by atoms with Gasteiger partial charge in [0.05, 0.1) is 0 Å². The molecule has 0 heterocycles. The summed E-state index contributed by atoms with van der Waals surface area (Å²) in [7, 11) is 0. The van der Waals surface area contributed by atoms with Crippen molar-refractivity contribution in [2.75, 3.05) is 31.6 Å². The second-order valence-corrected chi connectivity index (χ2v) is 4.47. The van der Waals surface area contributed by atoms with E-state index in [0.29, 0.717) is 31.1 Å². The fourth-order valence-electron chi connectivity index (χ4n) is 1.83. The van der Waals surface area contributed by atoms with E-state index < -0.39 is 0 Å². The van der Waals surface area contributed by atoms with E-state index in [1.165, 1.54) is 0 Å². The van der Waals surface area contributed by atoms with Crippen molar-refractivity contribution in [3.05, 3.63) is 24.3 Å². The summed E-state index contributed by atoms with van der Waals surface area (Å²) in [6, 6.07) is 6.95. The maximum absolute atomic E-state index is 11.8. The van der Waals surface area contributed by atoms with Crippen LogP contribution in [0.15, 0.2) is 24.3 Å². The number of nitrogens with one attached hydrogen (secondary N) is 1. The standard InChI is InChI=1S/C15H23N3O3/c1-3-18(4-2)15(20)11-21-13-7-5-6-12(10-13)17-14(19)8-9-16/h5-7,10H,3-4,8-9,11,16H2,1-2H3,(H,17,19). The highest BCUT2D eigenvalue weighted by Gasteiger charge is 2.10. The first-order valence-corrected chi connectivity index (χ1v) is 7.11. The highest BCUT2D eigenvalue weighted by Crippen LogP contribution is 2.17. The number of benzene rings is 1. The van der Waals surface area contributed by atoms with Crippen molar-refractivity contribution < 1.29 is 14.3 Å². The minimum absolute atomic E-state index is 0.0120. The first-order chi connectivity index (χ1) is 10.1. The lowest BCUT2D eigenvalue weighted by Crippen LogP contribution is -2.34. The van der Waals surface area contributed by atoms with Crippen LogP contribution < -0.4 is 15.8 Å². The Labute approximate surface area is 125 Å². The zero-order valence-electron chi connectivity index (χ0n) is 12.6. The third-order valence-electron chi connectivity index (χ3n) is 2.97. The minimum atomic E-state index is -0.145. The van der Waals surface area contributed by atoms with Crippen molar-refractivity contribution in [1.82, 2.24) is 4.90 Å². The van der Waals surface area contributed by atoms with Crippen LogP contribution in [0.2, 0.25) is 0 Å². The summed E-state index contributed by atoms with van der Waals surface area (Å²) in [5.74, 6) is 0.340. The van der Waals surface area contributed by atoms with Gasteiger partial charge in [-0.3, -0.25) is 9.59 Å². The van der Waals surface area contributed by atoms with Gasteiger partial charge >= 0.3 is 0 Å². The Bertz CT molecular complexity index is 473. The molecule has 0 atom stereocenters. The number of hydrogen-bond acceptors (Lipinski definition) is 4. The Balaban J connectivity index is 2.56. The molecule has 0 aromatic heterocycles. The smallest absolute Gasteiger partial charge is 0.260 e. The van der Waals surface area contributed by atoms with Crippen molar-refractivity contribution in [3.63, 3.8) is 0 Å². The van der Waals surface area contributed by atoms with Crippen LogP contribution in [0.1, 0.15) is 20.3 Å². The largest absolute Gasteiger partial charge is 0.484 e. The van der Waals surface area contributed by atoms with Gasteiger partial charge in [0.2, 0.25) is 5.91 Å². The van der Waals surface area contributed by atoms with Crippen LogP contribution in [0.5, 0.6) is 5.75 Å². The number of likely N-dealkylation sites (N-methyl/N-ethyl adjacent to an activating group) is 1. The van der Waals surface area contributed by atoms with Crippen LogP contribution in [0, 0.1) is 0 Å². The van der Waals surface area contributed by atoms with Crippen molar-refractivity contribution in [2.45, 2.75) is 20.3 Å². The molecule has 0 saturated heterocycles. The molecule has 0 spiro atoms. The van der Waals surface area contributed by atoms with Gasteiger partial charge in [-0.1, -0.05) is 6.07 Å². The number of ether oxygens (including phenoxy) is 1. The molecule has 116 valence electrons. The molecule has 3 N–H and O–H groups in total. The molecule has 6 heteroatoms. The zero-order chi connectivity index (χ0) is 15.7. The van der Waals surface area contributed by atoms with E-state index in [1.807, 2.05) is 13.8 Å². The van der Waals surface area contributed by atoms with Crippen LogP contribution in [0.3, 0.4) is 0 Å². The number of amides is 2. The molecule has 2 amide bonds. The predicted molar refractivity (Wildman–Crippen MR) is 82.2 cm³/mol. The van der Waals surface area contributed by atoms with E-state index in [-0.39, 0.29) is 24.8 Å².